The summed E-state index contributed by atoms with van der Waals surface area (Å²) >= 11 is 0. The Bertz CT molecular complexity index is 412. The van der Waals surface area contributed by atoms with Gasteiger partial charge in [-0.05, 0) is 38.1 Å². The lowest BCUT2D eigenvalue weighted by Crippen LogP contribution is -2.20. The highest BCUT2D eigenvalue weighted by atomic mass is 16.5. The maximum Gasteiger partial charge on any atom is 0.337 e. The van der Waals surface area contributed by atoms with E-state index in [2.05, 4.69) is 10.1 Å². The molecule has 0 aliphatic heterocycles. The average molecular weight is 251 g/mol. The SMILES string of the molecule is COC(=O)c1ccc(NC(=O)COC(C)C)cc1. The van der Waals surface area contributed by atoms with Gasteiger partial charge in [-0.2, -0.15) is 0 Å². The van der Waals surface area contributed by atoms with Gasteiger partial charge in [-0.15, -0.1) is 0 Å². The van der Waals surface area contributed by atoms with Crippen LogP contribution in [0.2, 0.25) is 0 Å². The molecule has 98 valence electrons. The summed E-state index contributed by atoms with van der Waals surface area (Å²) in [5.74, 6) is -0.634. The van der Waals surface area contributed by atoms with Gasteiger partial charge in [0.2, 0.25) is 5.91 Å². The number of benzene rings is 1. The molecule has 0 atom stereocenters. The van der Waals surface area contributed by atoms with Crippen molar-refractivity contribution in [2.75, 3.05) is 19.0 Å². The van der Waals surface area contributed by atoms with Gasteiger partial charge >= 0.3 is 5.97 Å². The van der Waals surface area contributed by atoms with E-state index in [1.54, 1.807) is 24.3 Å². The zero-order valence-electron chi connectivity index (χ0n) is 10.7. The van der Waals surface area contributed by atoms with Crippen LogP contribution in [-0.4, -0.2) is 31.7 Å². The largest absolute Gasteiger partial charge is 0.465 e. The fourth-order valence-electron chi connectivity index (χ4n) is 1.25. The Kier molecular flexibility index (Phi) is 5.32. The van der Waals surface area contributed by atoms with Crippen molar-refractivity contribution in [3.63, 3.8) is 0 Å². The van der Waals surface area contributed by atoms with Crippen LogP contribution < -0.4 is 5.32 Å². The van der Waals surface area contributed by atoms with Crippen molar-refractivity contribution in [2.45, 2.75) is 20.0 Å². The number of carbonyl (C=O) groups excluding carboxylic acids is 2. The zero-order valence-corrected chi connectivity index (χ0v) is 10.7. The van der Waals surface area contributed by atoms with Crippen LogP contribution in [0.4, 0.5) is 5.69 Å². The first-order valence-corrected chi connectivity index (χ1v) is 5.62. The Morgan fingerprint density at radius 3 is 2.33 bits per heavy atom. The molecule has 0 aliphatic rings. The fourth-order valence-corrected chi connectivity index (χ4v) is 1.25. The van der Waals surface area contributed by atoms with Crippen LogP contribution in [0.3, 0.4) is 0 Å². The van der Waals surface area contributed by atoms with Crippen LogP contribution in [0.25, 0.3) is 0 Å². The smallest absolute Gasteiger partial charge is 0.337 e. The second-order valence-electron chi connectivity index (χ2n) is 3.98. The summed E-state index contributed by atoms with van der Waals surface area (Å²) in [6.45, 7) is 3.73. The van der Waals surface area contributed by atoms with Gasteiger partial charge < -0.3 is 14.8 Å². The lowest BCUT2D eigenvalue weighted by molar-refractivity contribution is -0.121. The maximum absolute atomic E-state index is 11.5. The van der Waals surface area contributed by atoms with Gasteiger partial charge in [-0.1, -0.05) is 0 Å². The lowest BCUT2D eigenvalue weighted by Gasteiger charge is -2.08. The van der Waals surface area contributed by atoms with Crippen molar-refractivity contribution in [1.82, 2.24) is 0 Å². The molecule has 0 saturated carbocycles. The fraction of sp³-hybridized carbons (Fsp3) is 0.385. The average Bonchev–Trinajstić information content (AvgIpc) is 2.36. The topological polar surface area (TPSA) is 64.6 Å². The molecular weight excluding hydrogens is 234 g/mol. The number of amides is 1. The minimum Gasteiger partial charge on any atom is -0.465 e. The first-order valence-electron chi connectivity index (χ1n) is 5.62. The highest BCUT2D eigenvalue weighted by molar-refractivity contribution is 5.93. The van der Waals surface area contributed by atoms with E-state index in [0.29, 0.717) is 11.3 Å². The van der Waals surface area contributed by atoms with Crippen LogP contribution in [0.5, 0.6) is 0 Å². The molecule has 0 bridgehead atoms. The molecule has 0 saturated heterocycles. The number of carbonyl (C=O) groups is 2. The monoisotopic (exact) mass is 251 g/mol. The number of hydrogen-bond donors (Lipinski definition) is 1. The van der Waals surface area contributed by atoms with E-state index in [1.165, 1.54) is 7.11 Å². The Balaban J connectivity index is 2.53. The van der Waals surface area contributed by atoms with E-state index in [1.807, 2.05) is 13.8 Å². The second-order valence-corrected chi connectivity index (χ2v) is 3.98. The molecule has 0 unspecified atom stereocenters. The van der Waals surface area contributed by atoms with Crippen LogP contribution in [0.15, 0.2) is 24.3 Å². The lowest BCUT2D eigenvalue weighted by atomic mass is 10.2. The van der Waals surface area contributed by atoms with Crippen LogP contribution in [0, 0.1) is 0 Å². The first-order chi connectivity index (χ1) is 8.52. The number of esters is 1. The molecule has 1 aromatic carbocycles. The van der Waals surface area contributed by atoms with Gasteiger partial charge in [0, 0.05) is 5.69 Å². The minimum atomic E-state index is -0.406. The molecule has 1 aromatic rings. The van der Waals surface area contributed by atoms with Gasteiger partial charge in [0.25, 0.3) is 0 Å². The molecule has 0 aromatic heterocycles. The van der Waals surface area contributed by atoms with Crippen LogP contribution >= 0.6 is 0 Å². The minimum absolute atomic E-state index is 0.0103. The molecule has 0 aliphatic carbocycles. The molecule has 1 amide bonds. The molecule has 0 fully saturated rings. The van der Waals surface area contributed by atoms with E-state index >= 15 is 0 Å². The molecule has 0 radical (unpaired) electrons. The highest BCUT2D eigenvalue weighted by Crippen LogP contribution is 2.10. The summed E-state index contributed by atoms with van der Waals surface area (Å²) < 4.78 is 9.74. The summed E-state index contributed by atoms with van der Waals surface area (Å²) in [5.41, 5.74) is 1.05. The Labute approximate surface area is 106 Å². The number of methoxy groups -OCH3 is 1. The van der Waals surface area contributed by atoms with E-state index in [4.69, 9.17) is 4.74 Å². The third-order valence-corrected chi connectivity index (χ3v) is 2.14. The van der Waals surface area contributed by atoms with E-state index in [0.717, 1.165) is 0 Å². The van der Waals surface area contributed by atoms with E-state index in [9.17, 15) is 9.59 Å². The summed E-state index contributed by atoms with van der Waals surface area (Å²) in [6.07, 6.45) is 0.0115. The number of hydrogen-bond acceptors (Lipinski definition) is 4. The molecular formula is C13H17NO4. The summed E-state index contributed by atoms with van der Waals surface area (Å²) in [7, 11) is 1.32. The van der Waals surface area contributed by atoms with E-state index < -0.39 is 5.97 Å². The zero-order chi connectivity index (χ0) is 13.5. The Morgan fingerprint density at radius 1 is 1.22 bits per heavy atom. The van der Waals surface area contributed by atoms with Crippen molar-refractivity contribution in [2.24, 2.45) is 0 Å². The van der Waals surface area contributed by atoms with Crippen LogP contribution in [-0.2, 0) is 14.3 Å². The van der Waals surface area contributed by atoms with Crippen molar-refractivity contribution < 1.29 is 19.1 Å². The third-order valence-electron chi connectivity index (χ3n) is 2.14. The summed E-state index contributed by atoms with van der Waals surface area (Å²) in [6, 6.07) is 6.45. The van der Waals surface area contributed by atoms with Crippen LogP contribution in [0.1, 0.15) is 24.2 Å². The van der Waals surface area contributed by atoms with Crippen molar-refractivity contribution >= 4 is 17.6 Å². The third kappa shape index (κ3) is 4.55. The Morgan fingerprint density at radius 2 is 1.83 bits per heavy atom. The number of nitrogens with one attached hydrogen (secondary N) is 1. The standard InChI is InChI=1S/C13H17NO4/c1-9(2)18-8-12(15)14-11-6-4-10(5-7-11)13(16)17-3/h4-7,9H,8H2,1-3H3,(H,14,15). The predicted molar refractivity (Wildman–Crippen MR) is 67.5 cm³/mol. The van der Waals surface area contributed by atoms with Crippen molar-refractivity contribution in [1.29, 1.82) is 0 Å². The normalized spacial score (nSPS) is 10.2. The van der Waals surface area contributed by atoms with Gasteiger partial charge in [0.1, 0.15) is 6.61 Å². The Hall–Kier alpha value is -1.88. The summed E-state index contributed by atoms with van der Waals surface area (Å²) in [4.78, 5) is 22.7. The quantitative estimate of drug-likeness (QED) is 0.811. The molecule has 1 N–H and O–H groups in total. The second kappa shape index (κ2) is 6.76. The van der Waals surface area contributed by atoms with Gasteiger partial charge in [0.05, 0.1) is 18.8 Å². The van der Waals surface area contributed by atoms with Crippen molar-refractivity contribution in [3.8, 4) is 0 Å². The maximum atomic E-state index is 11.5. The molecule has 5 nitrogen and oxygen atoms in total. The van der Waals surface area contributed by atoms with Gasteiger partial charge in [0.15, 0.2) is 0 Å². The number of anilines is 1. The molecule has 1 rings (SSSR count). The molecule has 0 heterocycles. The summed E-state index contributed by atoms with van der Waals surface area (Å²) in [5, 5.41) is 2.67. The van der Waals surface area contributed by atoms with Gasteiger partial charge in [-0.3, -0.25) is 4.79 Å². The number of rotatable bonds is 5. The molecule has 18 heavy (non-hydrogen) atoms. The predicted octanol–water partition coefficient (Wildman–Crippen LogP) is 1.84. The highest BCUT2D eigenvalue weighted by Gasteiger charge is 2.06. The molecule has 0 spiro atoms. The van der Waals surface area contributed by atoms with Crippen molar-refractivity contribution in [3.05, 3.63) is 29.8 Å². The van der Waals surface area contributed by atoms with Gasteiger partial charge in [-0.25, -0.2) is 4.79 Å². The molecule has 5 heteroatoms. The van der Waals surface area contributed by atoms with E-state index in [-0.39, 0.29) is 18.6 Å². The number of ether oxygens (including phenoxy) is 2. The first kappa shape index (κ1) is 14.2.